The van der Waals surface area contributed by atoms with Crippen molar-refractivity contribution in [3.05, 3.63) is 48.3 Å². The Morgan fingerprint density at radius 3 is 2.31 bits per heavy atom. The van der Waals surface area contributed by atoms with E-state index in [0.717, 1.165) is 11.3 Å². The van der Waals surface area contributed by atoms with E-state index in [9.17, 15) is 9.59 Å². The zero-order chi connectivity index (χ0) is 18.5. The van der Waals surface area contributed by atoms with Gasteiger partial charge in [-0.15, -0.1) is 0 Å². The van der Waals surface area contributed by atoms with Gasteiger partial charge in [0.1, 0.15) is 0 Å². The lowest BCUT2D eigenvalue weighted by Gasteiger charge is -2.35. The molecule has 1 fully saturated rings. The highest BCUT2D eigenvalue weighted by molar-refractivity contribution is 5.89. The first-order valence-electron chi connectivity index (χ1n) is 8.61. The van der Waals surface area contributed by atoms with Gasteiger partial charge in [-0.2, -0.15) is 5.10 Å². The molecule has 2 aromatic rings. The molecule has 0 aliphatic carbocycles. The molecule has 2 heterocycles. The van der Waals surface area contributed by atoms with Crippen molar-refractivity contribution in [3.63, 3.8) is 0 Å². The van der Waals surface area contributed by atoms with Gasteiger partial charge in [0.15, 0.2) is 0 Å². The Morgan fingerprint density at radius 2 is 1.73 bits per heavy atom. The van der Waals surface area contributed by atoms with Crippen LogP contribution in [0.2, 0.25) is 0 Å². The van der Waals surface area contributed by atoms with Crippen LogP contribution in [0.25, 0.3) is 0 Å². The zero-order valence-electron chi connectivity index (χ0n) is 15.1. The number of carbonyl (C=O) groups is 2. The number of anilines is 1. The van der Waals surface area contributed by atoms with Crippen LogP contribution in [0, 0.1) is 0 Å². The Balaban J connectivity index is 1.50. The first kappa shape index (κ1) is 17.8. The Hall–Kier alpha value is -3.03. The summed E-state index contributed by atoms with van der Waals surface area (Å²) in [6, 6.07) is 9.47. The lowest BCUT2D eigenvalue weighted by atomic mass is 10.2. The molecule has 138 valence electrons. The number of rotatable bonds is 3. The summed E-state index contributed by atoms with van der Waals surface area (Å²) in [6.07, 6.45) is 3.66. The summed E-state index contributed by atoms with van der Waals surface area (Å²) < 4.78 is 1.85. The predicted molar refractivity (Wildman–Crippen MR) is 99.0 cm³/mol. The summed E-state index contributed by atoms with van der Waals surface area (Å²) >= 11 is 0. The van der Waals surface area contributed by atoms with Gasteiger partial charge in [0.05, 0.1) is 6.54 Å². The third-order valence-electron chi connectivity index (χ3n) is 4.33. The fourth-order valence-corrected chi connectivity index (χ4v) is 2.86. The van der Waals surface area contributed by atoms with E-state index in [-0.39, 0.29) is 12.1 Å². The molecule has 8 nitrogen and oxygen atoms in total. The van der Waals surface area contributed by atoms with Crippen LogP contribution in [0.15, 0.2) is 42.7 Å². The van der Waals surface area contributed by atoms with E-state index in [1.165, 1.54) is 0 Å². The second-order valence-corrected chi connectivity index (χ2v) is 6.48. The van der Waals surface area contributed by atoms with E-state index < -0.39 is 0 Å². The second kappa shape index (κ2) is 7.90. The van der Waals surface area contributed by atoms with Crippen molar-refractivity contribution >= 4 is 17.7 Å². The van der Waals surface area contributed by atoms with Gasteiger partial charge >= 0.3 is 12.1 Å². The molecule has 1 N–H and O–H groups in total. The van der Waals surface area contributed by atoms with Crippen molar-refractivity contribution < 1.29 is 9.59 Å². The quantitative estimate of drug-likeness (QED) is 0.911. The Bertz CT molecular complexity index is 734. The number of benzene rings is 1. The minimum atomic E-state index is -0.137. The van der Waals surface area contributed by atoms with Gasteiger partial charge in [-0.05, 0) is 23.8 Å². The molecule has 0 saturated carbocycles. The number of urea groups is 2. The van der Waals surface area contributed by atoms with Crippen LogP contribution in [-0.2, 0) is 6.54 Å². The smallest absolute Gasteiger partial charge is 0.321 e. The van der Waals surface area contributed by atoms with Crippen LogP contribution in [0.5, 0.6) is 0 Å². The minimum Gasteiger partial charge on any atom is -0.331 e. The van der Waals surface area contributed by atoms with Crippen LogP contribution in [0.1, 0.15) is 5.56 Å². The largest absolute Gasteiger partial charge is 0.331 e. The highest BCUT2D eigenvalue weighted by atomic mass is 16.2. The van der Waals surface area contributed by atoms with Gasteiger partial charge in [-0.25, -0.2) is 9.59 Å². The van der Waals surface area contributed by atoms with Crippen LogP contribution in [0.3, 0.4) is 0 Å². The van der Waals surface area contributed by atoms with Crippen molar-refractivity contribution in [2.24, 2.45) is 0 Å². The first-order valence-corrected chi connectivity index (χ1v) is 8.61. The van der Waals surface area contributed by atoms with Crippen molar-refractivity contribution in [3.8, 4) is 0 Å². The Morgan fingerprint density at radius 1 is 1.08 bits per heavy atom. The number of aromatic nitrogens is 2. The van der Waals surface area contributed by atoms with Crippen molar-refractivity contribution in [2.45, 2.75) is 6.54 Å². The van der Waals surface area contributed by atoms with Gasteiger partial charge in [0.25, 0.3) is 0 Å². The summed E-state index contributed by atoms with van der Waals surface area (Å²) in [5.74, 6) is 0. The highest BCUT2D eigenvalue weighted by Crippen LogP contribution is 2.12. The maximum atomic E-state index is 12.4. The topological polar surface area (TPSA) is 73.7 Å². The minimum absolute atomic E-state index is 0.0159. The first-order chi connectivity index (χ1) is 12.5. The number of piperazine rings is 1. The lowest BCUT2D eigenvalue weighted by molar-refractivity contribution is 0.133. The van der Waals surface area contributed by atoms with Gasteiger partial charge in [0, 0.05) is 58.4 Å². The maximum Gasteiger partial charge on any atom is 0.321 e. The Kier molecular flexibility index (Phi) is 5.40. The summed E-state index contributed by atoms with van der Waals surface area (Å²) in [4.78, 5) is 29.4. The molecule has 0 radical (unpaired) electrons. The van der Waals surface area contributed by atoms with Crippen LogP contribution >= 0.6 is 0 Å². The van der Waals surface area contributed by atoms with E-state index in [1.54, 1.807) is 35.0 Å². The molecule has 1 aromatic carbocycles. The molecule has 0 unspecified atom stereocenters. The lowest BCUT2D eigenvalue weighted by Crippen LogP contribution is -2.53. The summed E-state index contributed by atoms with van der Waals surface area (Å²) in [5.41, 5.74) is 1.87. The standard InChI is InChI=1S/C18H24N6O2/c1-21(2)18(26)23-12-10-22(11-13-23)17(25)20-16-6-4-15(5-7-16)14-24-9-3-8-19-24/h3-9H,10-14H2,1-2H3,(H,20,25). The SMILES string of the molecule is CN(C)C(=O)N1CCN(C(=O)Nc2ccc(Cn3cccn3)cc2)CC1. The number of hydrogen-bond donors (Lipinski definition) is 1. The summed E-state index contributed by atoms with van der Waals surface area (Å²) in [7, 11) is 3.47. The zero-order valence-corrected chi connectivity index (χ0v) is 15.1. The molecule has 1 aliphatic rings. The van der Waals surface area contributed by atoms with Crippen LogP contribution in [0.4, 0.5) is 15.3 Å². The maximum absolute atomic E-state index is 12.4. The molecule has 3 rings (SSSR count). The molecule has 8 heteroatoms. The number of amides is 4. The molecule has 1 aliphatic heterocycles. The van der Waals surface area contributed by atoms with Crippen molar-refractivity contribution in [1.82, 2.24) is 24.5 Å². The van der Waals surface area contributed by atoms with E-state index >= 15 is 0 Å². The van der Waals surface area contributed by atoms with E-state index in [0.29, 0.717) is 32.7 Å². The van der Waals surface area contributed by atoms with Gasteiger partial charge in [-0.3, -0.25) is 4.68 Å². The number of carbonyl (C=O) groups excluding carboxylic acids is 2. The van der Waals surface area contributed by atoms with Gasteiger partial charge < -0.3 is 20.0 Å². The molecule has 0 atom stereocenters. The average molecular weight is 356 g/mol. The monoisotopic (exact) mass is 356 g/mol. The van der Waals surface area contributed by atoms with E-state index in [1.807, 2.05) is 41.2 Å². The van der Waals surface area contributed by atoms with Crippen molar-refractivity contribution in [2.75, 3.05) is 45.6 Å². The summed E-state index contributed by atoms with van der Waals surface area (Å²) in [6.45, 7) is 2.86. The Labute approximate surface area is 153 Å². The van der Waals surface area contributed by atoms with Crippen LogP contribution in [-0.4, -0.2) is 76.8 Å². The second-order valence-electron chi connectivity index (χ2n) is 6.48. The van der Waals surface area contributed by atoms with Crippen LogP contribution < -0.4 is 5.32 Å². The predicted octanol–water partition coefficient (Wildman–Crippen LogP) is 1.76. The van der Waals surface area contributed by atoms with Crippen molar-refractivity contribution in [1.29, 1.82) is 0 Å². The molecule has 1 saturated heterocycles. The van der Waals surface area contributed by atoms with E-state index in [2.05, 4.69) is 10.4 Å². The number of nitrogens with zero attached hydrogens (tertiary/aromatic N) is 5. The molecular weight excluding hydrogens is 332 g/mol. The molecule has 26 heavy (non-hydrogen) atoms. The normalized spacial score (nSPS) is 14.2. The summed E-state index contributed by atoms with van der Waals surface area (Å²) in [5, 5.41) is 7.10. The van der Waals surface area contributed by atoms with E-state index in [4.69, 9.17) is 0 Å². The molecule has 4 amide bonds. The molecular formula is C18H24N6O2. The van der Waals surface area contributed by atoms with Gasteiger partial charge in [-0.1, -0.05) is 12.1 Å². The fraction of sp³-hybridized carbons (Fsp3) is 0.389. The molecule has 1 aromatic heterocycles. The average Bonchev–Trinajstić information content (AvgIpc) is 3.16. The highest BCUT2D eigenvalue weighted by Gasteiger charge is 2.24. The molecule has 0 spiro atoms. The third-order valence-corrected chi connectivity index (χ3v) is 4.33. The van der Waals surface area contributed by atoms with Gasteiger partial charge in [0.2, 0.25) is 0 Å². The number of hydrogen-bond acceptors (Lipinski definition) is 3. The number of nitrogens with one attached hydrogen (secondary N) is 1. The molecule has 0 bridgehead atoms. The fourth-order valence-electron chi connectivity index (χ4n) is 2.86. The third kappa shape index (κ3) is 4.33.